The van der Waals surface area contributed by atoms with Gasteiger partial charge in [-0.05, 0) is 18.6 Å². The lowest BCUT2D eigenvalue weighted by Crippen LogP contribution is -2.23. The van der Waals surface area contributed by atoms with Crippen molar-refractivity contribution in [1.29, 1.82) is 0 Å². The van der Waals surface area contributed by atoms with E-state index in [9.17, 15) is 4.79 Å². The molecule has 4 nitrogen and oxygen atoms in total. The van der Waals surface area contributed by atoms with Crippen LogP contribution in [0.3, 0.4) is 0 Å². The minimum absolute atomic E-state index is 0.234. The molecule has 0 saturated heterocycles. The van der Waals surface area contributed by atoms with E-state index in [0.29, 0.717) is 5.56 Å². The molecule has 2 N–H and O–H groups in total. The molecule has 0 heterocycles. The van der Waals surface area contributed by atoms with Crippen LogP contribution in [-0.4, -0.2) is 19.6 Å². The molecule has 0 fully saturated rings. The Morgan fingerprint density at radius 2 is 2.12 bits per heavy atom. The van der Waals surface area contributed by atoms with Gasteiger partial charge in [0.1, 0.15) is 0 Å². The normalized spacial score (nSPS) is 9.88. The van der Waals surface area contributed by atoms with E-state index in [1.165, 1.54) is 7.11 Å². The van der Waals surface area contributed by atoms with Crippen molar-refractivity contribution in [2.24, 2.45) is 0 Å². The fraction of sp³-hybridized carbons (Fsp3) is 0.417. The Bertz CT molecular complexity index is 340. The molecule has 1 rings (SSSR count). The summed E-state index contributed by atoms with van der Waals surface area (Å²) in [6.45, 7) is 3.00. The minimum Gasteiger partial charge on any atom is -0.384 e. The van der Waals surface area contributed by atoms with Gasteiger partial charge < -0.3 is 5.32 Å². The number of para-hydroxylation sites is 1. The number of hydrogen-bond acceptors (Lipinski definition) is 3. The number of amides is 1. The van der Waals surface area contributed by atoms with Gasteiger partial charge in [-0.25, -0.2) is 5.48 Å². The zero-order valence-corrected chi connectivity index (χ0v) is 9.75. The standard InChI is InChI=1S/C12H18N2O2/c1-3-4-9-13-11-8-6-5-7-10(11)12(15)14-16-2/h5-8,13H,3-4,9H2,1-2H3,(H,14,15). The van der Waals surface area contributed by atoms with Gasteiger partial charge in [0.25, 0.3) is 5.91 Å². The Balaban J connectivity index is 2.71. The molecule has 0 aliphatic carbocycles. The quantitative estimate of drug-likeness (QED) is 0.573. The molecule has 0 aromatic heterocycles. The van der Waals surface area contributed by atoms with Gasteiger partial charge in [0.15, 0.2) is 0 Å². The Kier molecular flexibility index (Phi) is 5.36. The van der Waals surface area contributed by atoms with Crippen LogP contribution in [0, 0.1) is 0 Å². The maximum atomic E-state index is 11.6. The third-order valence-electron chi connectivity index (χ3n) is 2.21. The largest absolute Gasteiger partial charge is 0.384 e. The lowest BCUT2D eigenvalue weighted by molar-refractivity contribution is 0.0538. The number of hydrogen-bond donors (Lipinski definition) is 2. The molecule has 0 spiro atoms. The molecule has 0 atom stereocenters. The summed E-state index contributed by atoms with van der Waals surface area (Å²) in [5.41, 5.74) is 3.75. The molecule has 0 saturated carbocycles. The predicted octanol–water partition coefficient (Wildman–Crippen LogP) is 2.19. The summed E-state index contributed by atoms with van der Waals surface area (Å²) in [6, 6.07) is 7.39. The van der Waals surface area contributed by atoms with Crippen LogP contribution < -0.4 is 10.8 Å². The number of benzene rings is 1. The monoisotopic (exact) mass is 222 g/mol. The molecule has 4 heteroatoms. The number of hydroxylamine groups is 1. The smallest absolute Gasteiger partial charge is 0.276 e. The molecular weight excluding hydrogens is 204 g/mol. The second kappa shape index (κ2) is 6.85. The SMILES string of the molecule is CCCCNc1ccccc1C(=O)NOC. The van der Waals surface area contributed by atoms with Crippen LogP contribution in [-0.2, 0) is 4.84 Å². The fourth-order valence-corrected chi connectivity index (χ4v) is 1.38. The van der Waals surface area contributed by atoms with E-state index in [-0.39, 0.29) is 5.91 Å². The van der Waals surface area contributed by atoms with E-state index in [2.05, 4.69) is 22.6 Å². The van der Waals surface area contributed by atoms with Crippen LogP contribution in [0.15, 0.2) is 24.3 Å². The van der Waals surface area contributed by atoms with Crippen LogP contribution in [0.25, 0.3) is 0 Å². The second-order valence-electron chi connectivity index (χ2n) is 3.46. The molecule has 16 heavy (non-hydrogen) atoms. The minimum atomic E-state index is -0.234. The van der Waals surface area contributed by atoms with Crippen molar-refractivity contribution in [2.75, 3.05) is 19.0 Å². The molecule has 0 aliphatic rings. The highest BCUT2D eigenvalue weighted by molar-refractivity contribution is 5.98. The van der Waals surface area contributed by atoms with E-state index in [1.807, 2.05) is 18.2 Å². The molecule has 1 amide bonds. The van der Waals surface area contributed by atoms with E-state index in [1.54, 1.807) is 6.07 Å². The van der Waals surface area contributed by atoms with E-state index >= 15 is 0 Å². The Labute approximate surface area is 95.9 Å². The van der Waals surface area contributed by atoms with Crippen molar-refractivity contribution in [3.8, 4) is 0 Å². The molecule has 0 bridgehead atoms. The zero-order valence-electron chi connectivity index (χ0n) is 9.75. The first-order valence-corrected chi connectivity index (χ1v) is 5.45. The summed E-state index contributed by atoms with van der Waals surface area (Å²) in [7, 11) is 1.42. The third-order valence-corrected chi connectivity index (χ3v) is 2.21. The summed E-state index contributed by atoms with van der Waals surface area (Å²) >= 11 is 0. The van der Waals surface area contributed by atoms with Gasteiger partial charge in [-0.2, -0.15) is 0 Å². The fourth-order valence-electron chi connectivity index (χ4n) is 1.38. The van der Waals surface area contributed by atoms with Crippen molar-refractivity contribution >= 4 is 11.6 Å². The maximum Gasteiger partial charge on any atom is 0.276 e. The van der Waals surface area contributed by atoms with Gasteiger partial charge in [0.05, 0.1) is 12.7 Å². The van der Waals surface area contributed by atoms with Gasteiger partial charge in [-0.15, -0.1) is 0 Å². The highest BCUT2D eigenvalue weighted by Crippen LogP contribution is 2.14. The topological polar surface area (TPSA) is 50.4 Å². The second-order valence-corrected chi connectivity index (χ2v) is 3.46. The zero-order chi connectivity index (χ0) is 11.8. The Hall–Kier alpha value is -1.55. The number of anilines is 1. The lowest BCUT2D eigenvalue weighted by atomic mass is 10.1. The molecule has 0 unspecified atom stereocenters. The molecule has 1 aromatic carbocycles. The van der Waals surface area contributed by atoms with E-state index in [4.69, 9.17) is 0 Å². The molecular formula is C12H18N2O2. The number of carbonyl (C=O) groups is 1. The summed E-state index contributed by atoms with van der Waals surface area (Å²) in [5, 5.41) is 3.24. The predicted molar refractivity (Wildman–Crippen MR) is 64.3 cm³/mol. The summed E-state index contributed by atoms with van der Waals surface area (Å²) < 4.78 is 0. The first kappa shape index (κ1) is 12.5. The maximum absolute atomic E-state index is 11.6. The van der Waals surface area contributed by atoms with Gasteiger partial charge in [-0.3, -0.25) is 9.63 Å². The van der Waals surface area contributed by atoms with Crippen molar-refractivity contribution in [2.45, 2.75) is 19.8 Å². The van der Waals surface area contributed by atoms with Crippen LogP contribution in [0.5, 0.6) is 0 Å². The summed E-state index contributed by atoms with van der Waals surface area (Å²) in [6.07, 6.45) is 2.21. The van der Waals surface area contributed by atoms with Crippen molar-refractivity contribution in [3.63, 3.8) is 0 Å². The highest BCUT2D eigenvalue weighted by Gasteiger charge is 2.09. The van der Waals surface area contributed by atoms with Crippen molar-refractivity contribution in [3.05, 3.63) is 29.8 Å². The van der Waals surface area contributed by atoms with Gasteiger partial charge >= 0.3 is 0 Å². The van der Waals surface area contributed by atoms with Gasteiger partial charge in [0, 0.05) is 12.2 Å². The summed E-state index contributed by atoms with van der Waals surface area (Å²) in [4.78, 5) is 16.2. The number of rotatable bonds is 6. The average molecular weight is 222 g/mol. The van der Waals surface area contributed by atoms with Crippen LogP contribution >= 0.6 is 0 Å². The Morgan fingerprint density at radius 1 is 1.38 bits per heavy atom. The van der Waals surface area contributed by atoms with Crippen molar-refractivity contribution < 1.29 is 9.63 Å². The van der Waals surface area contributed by atoms with Gasteiger partial charge in [0.2, 0.25) is 0 Å². The number of carbonyl (C=O) groups excluding carboxylic acids is 1. The van der Waals surface area contributed by atoms with Crippen molar-refractivity contribution in [1.82, 2.24) is 5.48 Å². The number of nitrogens with one attached hydrogen (secondary N) is 2. The summed E-state index contributed by atoms with van der Waals surface area (Å²) in [5.74, 6) is -0.234. The third kappa shape index (κ3) is 3.55. The first-order valence-electron chi connectivity index (χ1n) is 5.45. The highest BCUT2D eigenvalue weighted by atomic mass is 16.6. The van der Waals surface area contributed by atoms with E-state index in [0.717, 1.165) is 25.1 Å². The van der Waals surface area contributed by atoms with E-state index < -0.39 is 0 Å². The molecule has 1 aromatic rings. The first-order chi connectivity index (χ1) is 7.79. The Morgan fingerprint density at radius 3 is 2.81 bits per heavy atom. The van der Waals surface area contributed by atoms with Crippen LogP contribution in [0.2, 0.25) is 0 Å². The van der Waals surface area contributed by atoms with Gasteiger partial charge in [-0.1, -0.05) is 25.5 Å². The van der Waals surface area contributed by atoms with Crippen LogP contribution in [0.1, 0.15) is 30.1 Å². The molecule has 0 radical (unpaired) electrons. The van der Waals surface area contributed by atoms with Crippen LogP contribution in [0.4, 0.5) is 5.69 Å². The molecule has 88 valence electrons. The average Bonchev–Trinajstić information content (AvgIpc) is 2.30. The lowest BCUT2D eigenvalue weighted by Gasteiger charge is -2.10. The molecule has 0 aliphatic heterocycles. The number of unbranched alkanes of at least 4 members (excludes halogenated alkanes) is 1.